The lowest BCUT2D eigenvalue weighted by atomic mass is 10.1. The minimum atomic E-state index is 0.708. The SMILES string of the molecule is Cc1cnc(Sc2ccc(C#N)c(C)c2)nc1. The zero-order chi connectivity index (χ0) is 12.3. The third kappa shape index (κ3) is 2.83. The van der Waals surface area contributed by atoms with Crippen LogP contribution in [0.25, 0.3) is 0 Å². The van der Waals surface area contributed by atoms with E-state index in [1.807, 2.05) is 32.0 Å². The molecule has 3 nitrogen and oxygen atoms in total. The summed E-state index contributed by atoms with van der Waals surface area (Å²) < 4.78 is 0. The van der Waals surface area contributed by atoms with Crippen molar-refractivity contribution < 1.29 is 0 Å². The van der Waals surface area contributed by atoms with Gasteiger partial charge in [-0.3, -0.25) is 0 Å². The van der Waals surface area contributed by atoms with Crippen molar-refractivity contribution in [2.75, 3.05) is 0 Å². The second-order valence-electron chi connectivity index (χ2n) is 3.73. The van der Waals surface area contributed by atoms with Gasteiger partial charge in [0.15, 0.2) is 5.16 Å². The maximum atomic E-state index is 8.85. The van der Waals surface area contributed by atoms with E-state index in [0.29, 0.717) is 5.56 Å². The van der Waals surface area contributed by atoms with Crippen LogP contribution < -0.4 is 0 Å². The van der Waals surface area contributed by atoms with Crippen molar-refractivity contribution in [3.05, 3.63) is 47.3 Å². The quantitative estimate of drug-likeness (QED) is 0.758. The lowest BCUT2D eigenvalue weighted by Crippen LogP contribution is -1.87. The van der Waals surface area contributed by atoms with Crippen LogP contribution in [0, 0.1) is 25.2 Å². The van der Waals surface area contributed by atoms with Crippen LogP contribution in [0.4, 0.5) is 0 Å². The Labute approximate surface area is 105 Å². The van der Waals surface area contributed by atoms with Gasteiger partial charge in [0.1, 0.15) is 0 Å². The summed E-state index contributed by atoms with van der Waals surface area (Å²) in [6.07, 6.45) is 3.59. The molecule has 1 aromatic carbocycles. The van der Waals surface area contributed by atoms with E-state index in [4.69, 9.17) is 5.26 Å². The highest BCUT2D eigenvalue weighted by Gasteiger charge is 2.03. The predicted molar refractivity (Wildman–Crippen MR) is 66.8 cm³/mol. The summed E-state index contributed by atoms with van der Waals surface area (Å²) in [4.78, 5) is 9.51. The highest BCUT2D eigenvalue weighted by molar-refractivity contribution is 7.99. The van der Waals surface area contributed by atoms with Crippen LogP contribution >= 0.6 is 11.8 Å². The molecule has 0 saturated carbocycles. The van der Waals surface area contributed by atoms with Crippen LogP contribution in [-0.2, 0) is 0 Å². The van der Waals surface area contributed by atoms with Crippen molar-refractivity contribution in [3.63, 3.8) is 0 Å². The molecule has 1 aromatic heterocycles. The Balaban J connectivity index is 2.22. The maximum absolute atomic E-state index is 8.85. The number of benzene rings is 1. The first-order chi connectivity index (χ1) is 8.19. The monoisotopic (exact) mass is 241 g/mol. The molecule has 0 unspecified atom stereocenters. The molecule has 0 spiro atoms. The van der Waals surface area contributed by atoms with Gasteiger partial charge in [0.2, 0.25) is 0 Å². The molecule has 1 heterocycles. The first-order valence-electron chi connectivity index (χ1n) is 5.16. The molecule has 84 valence electrons. The van der Waals surface area contributed by atoms with Gasteiger partial charge in [0.25, 0.3) is 0 Å². The molecular weight excluding hydrogens is 230 g/mol. The molecule has 2 rings (SSSR count). The van der Waals surface area contributed by atoms with E-state index in [1.54, 1.807) is 12.4 Å². The Morgan fingerprint density at radius 1 is 1.18 bits per heavy atom. The molecule has 0 aliphatic carbocycles. The predicted octanol–water partition coefficient (Wildman–Crippen LogP) is 3.12. The van der Waals surface area contributed by atoms with Crippen LogP contribution in [0.2, 0.25) is 0 Å². The van der Waals surface area contributed by atoms with Crippen molar-refractivity contribution in [3.8, 4) is 6.07 Å². The molecule has 4 heteroatoms. The summed E-state index contributed by atoms with van der Waals surface area (Å²) >= 11 is 1.50. The standard InChI is InChI=1S/C13H11N3S/c1-9-7-15-13(16-8-9)17-12-4-3-11(6-14)10(2)5-12/h3-5,7-8H,1-2H3. The van der Waals surface area contributed by atoms with E-state index in [0.717, 1.165) is 21.2 Å². The van der Waals surface area contributed by atoms with Crippen LogP contribution in [0.3, 0.4) is 0 Å². The number of aromatic nitrogens is 2. The molecular formula is C13H11N3S. The van der Waals surface area contributed by atoms with E-state index in [2.05, 4.69) is 16.0 Å². The van der Waals surface area contributed by atoms with Crippen molar-refractivity contribution in [2.24, 2.45) is 0 Å². The van der Waals surface area contributed by atoms with E-state index in [1.165, 1.54) is 11.8 Å². The van der Waals surface area contributed by atoms with Crippen molar-refractivity contribution >= 4 is 11.8 Å². The summed E-state index contributed by atoms with van der Waals surface area (Å²) in [6.45, 7) is 3.89. The maximum Gasteiger partial charge on any atom is 0.192 e. The molecule has 0 N–H and O–H groups in total. The fourth-order valence-electron chi connectivity index (χ4n) is 1.36. The summed E-state index contributed by atoms with van der Waals surface area (Å²) in [5.74, 6) is 0. The van der Waals surface area contributed by atoms with Crippen molar-refractivity contribution in [1.82, 2.24) is 9.97 Å². The molecule has 0 aliphatic heterocycles. The van der Waals surface area contributed by atoms with Gasteiger partial charge in [-0.05, 0) is 54.9 Å². The summed E-state index contributed by atoms with van der Waals surface area (Å²) in [5.41, 5.74) is 2.73. The van der Waals surface area contributed by atoms with E-state index in [9.17, 15) is 0 Å². The average Bonchev–Trinajstić information content (AvgIpc) is 2.32. The van der Waals surface area contributed by atoms with Gasteiger partial charge >= 0.3 is 0 Å². The molecule has 0 radical (unpaired) electrons. The van der Waals surface area contributed by atoms with Crippen LogP contribution in [0.15, 0.2) is 40.6 Å². The number of nitriles is 1. The normalized spacial score (nSPS) is 9.94. The summed E-state index contributed by atoms with van der Waals surface area (Å²) in [5, 5.41) is 9.57. The lowest BCUT2D eigenvalue weighted by Gasteiger charge is -2.02. The van der Waals surface area contributed by atoms with Crippen molar-refractivity contribution in [2.45, 2.75) is 23.9 Å². The van der Waals surface area contributed by atoms with Gasteiger partial charge in [0, 0.05) is 17.3 Å². The zero-order valence-electron chi connectivity index (χ0n) is 9.64. The third-order valence-corrected chi connectivity index (χ3v) is 3.17. The smallest absolute Gasteiger partial charge is 0.192 e. The lowest BCUT2D eigenvalue weighted by molar-refractivity contribution is 0.950. The number of nitrogens with zero attached hydrogens (tertiary/aromatic N) is 3. The topological polar surface area (TPSA) is 49.6 Å². The molecule has 0 aliphatic rings. The molecule has 0 saturated heterocycles. The minimum absolute atomic E-state index is 0.708. The van der Waals surface area contributed by atoms with E-state index in [-0.39, 0.29) is 0 Å². The first kappa shape index (κ1) is 11.6. The number of hydrogen-bond acceptors (Lipinski definition) is 4. The number of aryl methyl sites for hydroxylation is 2. The van der Waals surface area contributed by atoms with E-state index >= 15 is 0 Å². The second kappa shape index (κ2) is 4.98. The second-order valence-corrected chi connectivity index (χ2v) is 4.77. The highest BCUT2D eigenvalue weighted by atomic mass is 32.2. The van der Waals surface area contributed by atoms with Gasteiger partial charge in [0.05, 0.1) is 11.6 Å². The van der Waals surface area contributed by atoms with Gasteiger partial charge < -0.3 is 0 Å². The Hall–Kier alpha value is -1.86. The Morgan fingerprint density at radius 2 is 1.88 bits per heavy atom. The minimum Gasteiger partial charge on any atom is -0.231 e. The fraction of sp³-hybridized carbons (Fsp3) is 0.154. The molecule has 0 amide bonds. The molecule has 17 heavy (non-hydrogen) atoms. The Morgan fingerprint density at radius 3 is 2.47 bits per heavy atom. The van der Waals surface area contributed by atoms with Gasteiger partial charge in [-0.2, -0.15) is 5.26 Å². The zero-order valence-corrected chi connectivity index (χ0v) is 10.5. The van der Waals surface area contributed by atoms with E-state index < -0.39 is 0 Å². The van der Waals surface area contributed by atoms with Crippen LogP contribution in [-0.4, -0.2) is 9.97 Å². The summed E-state index contributed by atoms with van der Waals surface area (Å²) in [7, 11) is 0. The fourth-order valence-corrected chi connectivity index (χ4v) is 2.16. The molecule has 0 atom stereocenters. The Bertz CT molecular complexity index is 570. The third-order valence-electron chi connectivity index (χ3n) is 2.28. The van der Waals surface area contributed by atoms with Crippen LogP contribution in [0.5, 0.6) is 0 Å². The van der Waals surface area contributed by atoms with Gasteiger partial charge in [-0.1, -0.05) is 0 Å². The number of hydrogen-bond donors (Lipinski definition) is 0. The van der Waals surface area contributed by atoms with Crippen LogP contribution in [0.1, 0.15) is 16.7 Å². The number of rotatable bonds is 2. The largest absolute Gasteiger partial charge is 0.231 e. The van der Waals surface area contributed by atoms with Crippen molar-refractivity contribution in [1.29, 1.82) is 5.26 Å². The average molecular weight is 241 g/mol. The molecule has 0 fully saturated rings. The van der Waals surface area contributed by atoms with Gasteiger partial charge in [-0.15, -0.1) is 0 Å². The molecule has 0 bridgehead atoms. The Kier molecular flexibility index (Phi) is 3.40. The molecule has 2 aromatic rings. The summed E-state index contributed by atoms with van der Waals surface area (Å²) in [6, 6.07) is 7.87. The highest BCUT2D eigenvalue weighted by Crippen LogP contribution is 2.25. The van der Waals surface area contributed by atoms with Gasteiger partial charge in [-0.25, -0.2) is 9.97 Å². The first-order valence-corrected chi connectivity index (χ1v) is 5.98.